The molecule has 25 heavy (non-hydrogen) atoms. The largest absolute Gasteiger partial charge is 0.497 e. The lowest BCUT2D eigenvalue weighted by Gasteiger charge is -2.45. The van der Waals surface area contributed by atoms with E-state index in [0.29, 0.717) is 18.2 Å². The molecule has 1 fully saturated rings. The first-order chi connectivity index (χ1) is 11.9. The van der Waals surface area contributed by atoms with E-state index in [-0.39, 0.29) is 12.5 Å². The Morgan fingerprint density at radius 2 is 2.00 bits per heavy atom. The minimum Gasteiger partial charge on any atom is -0.497 e. The van der Waals surface area contributed by atoms with Gasteiger partial charge in [0, 0.05) is 16.0 Å². The van der Waals surface area contributed by atoms with Crippen molar-refractivity contribution in [2.45, 2.75) is 19.0 Å². The zero-order valence-electron chi connectivity index (χ0n) is 14.1. The molecule has 4 nitrogen and oxygen atoms in total. The van der Waals surface area contributed by atoms with Crippen molar-refractivity contribution in [3.63, 3.8) is 0 Å². The van der Waals surface area contributed by atoms with Crippen LogP contribution in [0.1, 0.15) is 18.1 Å². The SMILES string of the molecule is COc1ccc(CN2C(=O)COCC2(C)c2cc(Cl)cc(Br)c2)cc1. The summed E-state index contributed by atoms with van der Waals surface area (Å²) in [6.07, 6.45) is 0. The lowest BCUT2D eigenvalue weighted by atomic mass is 9.89. The van der Waals surface area contributed by atoms with Crippen LogP contribution in [0.25, 0.3) is 0 Å². The molecule has 1 aliphatic rings. The molecule has 0 spiro atoms. The lowest BCUT2D eigenvalue weighted by Crippen LogP contribution is -2.55. The summed E-state index contributed by atoms with van der Waals surface area (Å²) in [7, 11) is 1.63. The monoisotopic (exact) mass is 423 g/mol. The van der Waals surface area contributed by atoms with Crippen molar-refractivity contribution in [1.29, 1.82) is 0 Å². The van der Waals surface area contributed by atoms with E-state index < -0.39 is 5.54 Å². The summed E-state index contributed by atoms with van der Waals surface area (Å²) in [5.41, 5.74) is 1.37. The standard InChI is InChI=1S/C19H19BrClNO3/c1-19(14-7-15(20)9-16(21)8-14)12-25-11-18(23)22(19)10-13-3-5-17(24-2)6-4-13/h3-9H,10-12H2,1-2H3. The van der Waals surface area contributed by atoms with Crippen molar-refractivity contribution in [1.82, 2.24) is 4.90 Å². The second-order valence-electron chi connectivity index (χ2n) is 6.25. The maximum Gasteiger partial charge on any atom is 0.249 e. The summed E-state index contributed by atoms with van der Waals surface area (Å²) in [5.74, 6) is 0.749. The highest BCUT2D eigenvalue weighted by Crippen LogP contribution is 2.36. The van der Waals surface area contributed by atoms with Gasteiger partial charge in [-0.3, -0.25) is 4.79 Å². The Kier molecular flexibility index (Phi) is 5.37. The molecule has 3 rings (SSSR count). The van der Waals surface area contributed by atoms with Crippen LogP contribution in [-0.4, -0.2) is 31.1 Å². The van der Waals surface area contributed by atoms with Gasteiger partial charge in [0.1, 0.15) is 12.4 Å². The van der Waals surface area contributed by atoms with Gasteiger partial charge in [-0.05, 0) is 48.4 Å². The first kappa shape index (κ1) is 18.2. The molecule has 2 aromatic carbocycles. The molecule has 132 valence electrons. The molecule has 0 saturated carbocycles. The Labute approximate surface area is 160 Å². The van der Waals surface area contributed by atoms with E-state index in [1.165, 1.54) is 0 Å². The Morgan fingerprint density at radius 1 is 1.28 bits per heavy atom. The van der Waals surface area contributed by atoms with Crippen molar-refractivity contribution < 1.29 is 14.3 Å². The number of hydrogen-bond acceptors (Lipinski definition) is 3. The molecule has 1 heterocycles. The third-order valence-electron chi connectivity index (χ3n) is 4.49. The van der Waals surface area contributed by atoms with Crippen molar-refractivity contribution in [3.8, 4) is 5.75 Å². The molecule has 6 heteroatoms. The third kappa shape index (κ3) is 3.84. The van der Waals surface area contributed by atoms with Crippen LogP contribution in [0.4, 0.5) is 0 Å². The van der Waals surface area contributed by atoms with Crippen molar-refractivity contribution in [2.75, 3.05) is 20.3 Å². The Balaban J connectivity index is 1.96. The molecule has 1 aliphatic heterocycles. The molecular formula is C19H19BrClNO3. The van der Waals surface area contributed by atoms with Gasteiger partial charge in [-0.1, -0.05) is 39.7 Å². The van der Waals surface area contributed by atoms with Crippen LogP contribution in [0.2, 0.25) is 5.02 Å². The number of morpholine rings is 1. The van der Waals surface area contributed by atoms with E-state index in [2.05, 4.69) is 15.9 Å². The van der Waals surface area contributed by atoms with Gasteiger partial charge < -0.3 is 14.4 Å². The fourth-order valence-corrected chi connectivity index (χ4v) is 3.91. The molecule has 0 bridgehead atoms. The first-order valence-corrected chi connectivity index (χ1v) is 9.07. The number of carbonyl (C=O) groups is 1. The van der Waals surface area contributed by atoms with E-state index in [0.717, 1.165) is 21.3 Å². The maximum atomic E-state index is 12.6. The Bertz CT molecular complexity index is 760. The van der Waals surface area contributed by atoms with Gasteiger partial charge >= 0.3 is 0 Å². The van der Waals surface area contributed by atoms with Crippen molar-refractivity contribution in [3.05, 3.63) is 63.1 Å². The first-order valence-electron chi connectivity index (χ1n) is 7.90. The molecule has 0 radical (unpaired) electrons. The number of nitrogens with zero attached hydrogens (tertiary/aromatic N) is 1. The third-order valence-corrected chi connectivity index (χ3v) is 5.17. The van der Waals surface area contributed by atoms with Gasteiger partial charge in [0.15, 0.2) is 0 Å². The second-order valence-corrected chi connectivity index (χ2v) is 7.60. The van der Waals surface area contributed by atoms with Crippen LogP contribution < -0.4 is 4.74 Å². The summed E-state index contributed by atoms with van der Waals surface area (Å²) < 4.78 is 11.6. The van der Waals surface area contributed by atoms with Crippen LogP contribution in [0.5, 0.6) is 5.75 Å². The van der Waals surface area contributed by atoms with Crippen LogP contribution in [-0.2, 0) is 21.6 Å². The minimum atomic E-state index is -0.595. The van der Waals surface area contributed by atoms with Gasteiger partial charge in [-0.2, -0.15) is 0 Å². The highest BCUT2D eigenvalue weighted by Gasteiger charge is 2.41. The van der Waals surface area contributed by atoms with Crippen molar-refractivity contribution >= 4 is 33.4 Å². The summed E-state index contributed by atoms with van der Waals surface area (Å²) in [6, 6.07) is 13.4. The molecule has 1 atom stereocenters. The fraction of sp³-hybridized carbons (Fsp3) is 0.316. The summed E-state index contributed by atoms with van der Waals surface area (Å²) in [5, 5.41) is 0.619. The minimum absolute atomic E-state index is 0.0410. The number of ether oxygens (including phenoxy) is 2. The number of carbonyl (C=O) groups excluding carboxylic acids is 1. The average molecular weight is 425 g/mol. The van der Waals surface area contributed by atoms with Gasteiger partial charge in [0.2, 0.25) is 5.91 Å². The summed E-state index contributed by atoms with van der Waals surface area (Å²) >= 11 is 9.70. The van der Waals surface area contributed by atoms with Gasteiger partial charge in [0.25, 0.3) is 0 Å². The smallest absolute Gasteiger partial charge is 0.249 e. The van der Waals surface area contributed by atoms with Crippen LogP contribution in [0.3, 0.4) is 0 Å². The molecule has 0 N–H and O–H groups in total. The number of benzene rings is 2. The molecule has 1 amide bonds. The quantitative estimate of drug-likeness (QED) is 0.731. The molecular weight excluding hydrogens is 406 g/mol. The molecule has 0 aromatic heterocycles. The van der Waals surface area contributed by atoms with E-state index in [9.17, 15) is 4.79 Å². The molecule has 1 saturated heterocycles. The van der Waals surface area contributed by atoms with Gasteiger partial charge in [-0.15, -0.1) is 0 Å². The maximum absolute atomic E-state index is 12.6. The Hall–Kier alpha value is -1.56. The van der Waals surface area contributed by atoms with Crippen LogP contribution in [0.15, 0.2) is 46.9 Å². The van der Waals surface area contributed by atoms with Crippen LogP contribution in [0, 0.1) is 0 Å². The average Bonchev–Trinajstić information content (AvgIpc) is 2.58. The fourth-order valence-electron chi connectivity index (χ4n) is 3.05. The lowest BCUT2D eigenvalue weighted by molar-refractivity contribution is -0.159. The molecule has 2 aromatic rings. The summed E-state index contributed by atoms with van der Waals surface area (Å²) in [4.78, 5) is 14.5. The number of amides is 1. The number of rotatable bonds is 4. The van der Waals surface area contributed by atoms with E-state index >= 15 is 0 Å². The van der Waals surface area contributed by atoms with E-state index in [1.54, 1.807) is 7.11 Å². The highest BCUT2D eigenvalue weighted by atomic mass is 79.9. The Morgan fingerprint density at radius 3 is 2.64 bits per heavy atom. The zero-order chi connectivity index (χ0) is 18.0. The van der Waals surface area contributed by atoms with Crippen molar-refractivity contribution in [2.24, 2.45) is 0 Å². The number of methoxy groups -OCH3 is 1. The van der Waals surface area contributed by atoms with E-state index in [4.69, 9.17) is 21.1 Å². The topological polar surface area (TPSA) is 38.8 Å². The van der Waals surface area contributed by atoms with Gasteiger partial charge in [0.05, 0.1) is 19.3 Å². The highest BCUT2D eigenvalue weighted by molar-refractivity contribution is 9.10. The van der Waals surface area contributed by atoms with E-state index in [1.807, 2.05) is 54.3 Å². The number of hydrogen-bond donors (Lipinski definition) is 0. The zero-order valence-corrected chi connectivity index (χ0v) is 16.4. The van der Waals surface area contributed by atoms with Crippen LogP contribution >= 0.6 is 27.5 Å². The number of halogens is 2. The molecule has 0 aliphatic carbocycles. The molecule has 1 unspecified atom stereocenters. The normalized spacial score (nSPS) is 20.6. The van der Waals surface area contributed by atoms with Gasteiger partial charge in [-0.25, -0.2) is 0 Å². The predicted molar refractivity (Wildman–Crippen MR) is 101 cm³/mol. The summed E-state index contributed by atoms with van der Waals surface area (Å²) in [6.45, 7) is 3.01. The second kappa shape index (κ2) is 7.36. The predicted octanol–water partition coefficient (Wildman–Crippen LogP) is 4.39.